The lowest BCUT2D eigenvalue weighted by Crippen LogP contribution is -2.56. The van der Waals surface area contributed by atoms with E-state index in [0.717, 1.165) is 37.1 Å². The zero-order valence-electron chi connectivity index (χ0n) is 10.4. The molecule has 0 unspecified atom stereocenters. The van der Waals surface area contributed by atoms with Crippen LogP contribution in [0.2, 0.25) is 0 Å². The summed E-state index contributed by atoms with van der Waals surface area (Å²) in [4.78, 5) is 4.50. The number of nitrogens with one attached hydrogen (secondary N) is 1. The molecule has 0 bridgehead atoms. The summed E-state index contributed by atoms with van der Waals surface area (Å²) in [5.41, 5.74) is 2.43. The van der Waals surface area contributed by atoms with Crippen molar-refractivity contribution < 1.29 is 0 Å². The highest BCUT2D eigenvalue weighted by Gasteiger charge is 2.20. The van der Waals surface area contributed by atoms with Gasteiger partial charge in [-0.05, 0) is 37.7 Å². The Bertz CT molecular complexity index is 388. The van der Waals surface area contributed by atoms with Gasteiger partial charge in [0.1, 0.15) is 0 Å². The minimum absolute atomic E-state index is 0.821. The first kappa shape index (κ1) is 12.3. The molecule has 0 saturated carbocycles. The van der Waals surface area contributed by atoms with E-state index in [2.05, 4.69) is 53.2 Å². The quantitative estimate of drug-likeness (QED) is 0.828. The van der Waals surface area contributed by atoms with Crippen molar-refractivity contribution in [1.29, 1.82) is 0 Å². The van der Waals surface area contributed by atoms with Crippen LogP contribution in [0.25, 0.3) is 0 Å². The van der Waals surface area contributed by atoms with Crippen LogP contribution >= 0.6 is 12.2 Å². The van der Waals surface area contributed by atoms with Crippen molar-refractivity contribution in [2.45, 2.75) is 20.3 Å². The van der Waals surface area contributed by atoms with Crippen molar-refractivity contribution in [3.05, 3.63) is 29.8 Å². The van der Waals surface area contributed by atoms with E-state index in [4.69, 9.17) is 12.2 Å². The molecule has 1 aromatic rings. The molecule has 0 radical (unpaired) electrons. The Morgan fingerprint density at radius 1 is 1.29 bits per heavy atom. The largest absolute Gasteiger partial charge is 0.349 e. The molecular formula is C13H19N3S. The van der Waals surface area contributed by atoms with Gasteiger partial charge in [-0.25, -0.2) is 0 Å². The number of anilines is 1. The standard InChI is InChI=1S/C13H19N3S/c1-3-8-15-9-14-13(17)16(10-15)12-6-4-11(2)5-7-12/h4-7H,3,8-10H2,1-2H3,(H,14,17). The molecule has 0 spiro atoms. The molecule has 1 heterocycles. The minimum atomic E-state index is 0.821. The molecular weight excluding hydrogens is 230 g/mol. The van der Waals surface area contributed by atoms with Crippen molar-refractivity contribution in [2.75, 3.05) is 24.8 Å². The summed E-state index contributed by atoms with van der Waals surface area (Å²) in [5.74, 6) is 0. The SMILES string of the molecule is CCCN1CNC(=S)N(c2ccc(C)cc2)C1. The fourth-order valence-corrected chi connectivity index (χ4v) is 2.21. The highest BCUT2D eigenvalue weighted by Crippen LogP contribution is 2.17. The van der Waals surface area contributed by atoms with Gasteiger partial charge in [0.05, 0.1) is 13.3 Å². The highest BCUT2D eigenvalue weighted by molar-refractivity contribution is 7.80. The maximum Gasteiger partial charge on any atom is 0.175 e. The van der Waals surface area contributed by atoms with E-state index in [-0.39, 0.29) is 0 Å². The topological polar surface area (TPSA) is 18.5 Å². The van der Waals surface area contributed by atoms with Crippen molar-refractivity contribution in [1.82, 2.24) is 10.2 Å². The third-order valence-corrected chi connectivity index (χ3v) is 3.29. The average molecular weight is 249 g/mol. The summed E-state index contributed by atoms with van der Waals surface area (Å²) in [6.45, 7) is 7.12. The lowest BCUT2D eigenvalue weighted by Gasteiger charge is -2.37. The molecule has 1 aromatic carbocycles. The normalized spacial score (nSPS) is 17.1. The Morgan fingerprint density at radius 3 is 2.65 bits per heavy atom. The summed E-state index contributed by atoms with van der Waals surface area (Å²) in [6.07, 6.45) is 1.16. The van der Waals surface area contributed by atoms with Crippen molar-refractivity contribution in [2.24, 2.45) is 0 Å². The minimum Gasteiger partial charge on any atom is -0.349 e. The van der Waals surface area contributed by atoms with Gasteiger partial charge in [-0.3, -0.25) is 4.90 Å². The van der Waals surface area contributed by atoms with Gasteiger partial charge in [0.25, 0.3) is 0 Å². The van der Waals surface area contributed by atoms with Gasteiger partial charge in [0, 0.05) is 12.2 Å². The van der Waals surface area contributed by atoms with Crippen LogP contribution in [-0.4, -0.2) is 29.9 Å². The van der Waals surface area contributed by atoms with Crippen molar-refractivity contribution in [3.8, 4) is 0 Å². The number of hydrogen-bond acceptors (Lipinski definition) is 2. The van der Waals surface area contributed by atoms with Gasteiger partial charge < -0.3 is 10.2 Å². The molecule has 1 saturated heterocycles. The monoisotopic (exact) mass is 249 g/mol. The van der Waals surface area contributed by atoms with E-state index in [0.29, 0.717) is 0 Å². The zero-order valence-corrected chi connectivity index (χ0v) is 11.3. The fraction of sp³-hybridized carbons (Fsp3) is 0.462. The molecule has 4 heteroatoms. The molecule has 1 aliphatic heterocycles. The molecule has 1 fully saturated rings. The van der Waals surface area contributed by atoms with Crippen LogP contribution < -0.4 is 10.2 Å². The van der Waals surface area contributed by atoms with E-state index in [1.807, 2.05) is 0 Å². The molecule has 2 rings (SSSR count). The van der Waals surface area contributed by atoms with Crippen molar-refractivity contribution in [3.63, 3.8) is 0 Å². The predicted octanol–water partition coefficient (Wildman–Crippen LogP) is 2.32. The molecule has 17 heavy (non-hydrogen) atoms. The zero-order chi connectivity index (χ0) is 12.3. The Morgan fingerprint density at radius 2 is 2.00 bits per heavy atom. The number of rotatable bonds is 3. The highest BCUT2D eigenvalue weighted by atomic mass is 32.1. The molecule has 92 valence electrons. The molecule has 1 aliphatic rings. The number of nitrogens with zero attached hydrogens (tertiary/aromatic N) is 2. The molecule has 0 aromatic heterocycles. The summed E-state index contributed by atoms with van der Waals surface area (Å²) < 4.78 is 0. The van der Waals surface area contributed by atoms with E-state index in [1.54, 1.807) is 0 Å². The van der Waals surface area contributed by atoms with Gasteiger partial charge in [-0.1, -0.05) is 24.6 Å². The number of thiocarbonyl (C=S) groups is 1. The van der Waals surface area contributed by atoms with Gasteiger partial charge in [-0.15, -0.1) is 0 Å². The summed E-state index contributed by atoms with van der Waals surface area (Å²) in [5, 5.41) is 4.08. The number of aryl methyl sites for hydroxylation is 1. The molecule has 0 atom stereocenters. The van der Waals surface area contributed by atoms with Crippen LogP contribution in [-0.2, 0) is 0 Å². The smallest absolute Gasteiger partial charge is 0.175 e. The fourth-order valence-electron chi connectivity index (χ4n) is 1.98. The average Bonchev–Trinajstić information content (AvgIpc) is 2.33. The van der Waals surface area contributed by atoms with E-state index >= 15 is 0 Å². The van der Waals surface area contributed by atoms with Crippen LogP contribution in [0.15, 0.2) is 24.3 Å². The first-order valence-electron chi connectivity index (χ1n) is 6.05. The first-order valence-corrected chi connectivity index (χ1v) is 6.46. The first-order chi connectivity index (χ1) is 8.20. The number of hydrogen-bond donors (Lipinski definition) is 1. The predicted molar refractivity (Wildman–Crippen MR) is 76.1 cm³/mol. The number of benzene rings is 1. The van der Waals surface area contributed by atoms with E-state index in [1.165, 1.54) is 5.56 Å². The maximum atomic E-state index is 5.37. The summed E-state index contributed by atoms with van der Waals surface area (Å²) in [7, 11) is 0. The third kappa shape index (κ3) is 2.96. The second-order valence-electron chi connectivity index (χ2n) is 4.44. The lowest BCUT2D eigenvalue weighted by atomic mass is 10.2. The third-order valence-electron chi connectivity index (χ3n) is 2.93. The Hall–Kier alpha value is -1.13. The van der Waals surface area contributed by atoms with E-state index in [9.17, 15) is 0 Å². The molecule has 3 nitrogen and oxygen atoms in total. The van der Waals surface area contributed by atoms with Crippen LogP contribution in [0, 0.1) is 6.92 Å². The van der Waals surface area contributed by atoms with Crippen molar-refractivity contribution >= 4 is 23.0 Å². The lowest BCUT2D eigenvalue weighted by molar-refractivity contribution is 0.261. The van der Waals surface area contributed by atoms with E-state index < -0.39 is 0 Å². The molecule has 1 N–H and O–H groups in total. The van der Waals surface area contributed by atoms with Crippen LogP contribution in [0.1, 0.15) is 18.9 Å². The van der Waals surface area contributed by atoms with Gasteiger partial charge in [-0.2, -0.15) is 0 Å². The second kappa shape index (κ2) is 5.47. The summed E-state index contributed by atoms with van der Waals surface area (Å²) in [6, 6.07) is 8.49. The Balaban J connectivity index is 2.12. The molecule has 0 amide bonds. The second-order valence-corrected chi connectivity index (χ2v) is 4.83. The molecule has 0 aliphatic carbocycles. The maximum absolute atomic E-state index is 5.37. The van der Waals surface area contributed by atoms with Crippen LogP contribution in [0.4, 0.5) is 5.69 Å². The summed E-state index contributed by atoms with van der Waals surface area (Å²) >= 11 is 5.37. The van der Waals surface area contributed by atoms with Gasteiger partial charge >= 0.3 is 0 Å². The Labute approximate surface area is 108 Å². The van der Waals surface area contributed by atoms with Crippen LogP contribution in [0.3, 0.4) is 0 Å². The van der Waals surface area contributed by atoms with Gasteiger partial charge in [0.15, 0.2) is 5.11 Å². The Kier molecular flexibility index (Phi) is 3.97. The van der Waals surface area contributed by atoms with Gasteiger partial charge in [0.2, 0.25) is 0 Å². The van der Waals surface area contributed by atoms with Crippen LogP contribution in [0.5, 0.6) is 0 Å².